The summed E-state index contributed by atoms with van der Waals surface area (Å²) in [5, 5.41) is 9.18. The third-order valence-electron chi connectivity index (χ3n) is 5.10. The maximum atomic E-state index is 12.8. The molecule has 124 valence electrons. The number of carbonyl (C=O) groups is 1. The smallest absolute Gasteiger partial charge is 0.239 e. The maximum Gasteiger partial charge on any atom is 0.239 e. The Balaban J connectivity index is 1.72. The summed E-state index contributed by atoms with van der Waals surface area (Å²) in [5.74, 6) is 2.42. The van der Waals surface area contributed by atoms with Gasteiger partial charge in [-0.1, -0.05) is 0 Å². The van der Waals surface area contributed by atoms with Crippen LogP contribution in [0.25, 0.3) is 0 Å². The molecule has 0 N–H and O–H groups in total. The minimum absolute atomic E-state index is 0.0169. The molecule has 1 atom stereocenters. The van der Waals surface area contributed by atoms with Crippen molar-refractivity contribution in [3.8, 4) is 6.07 Å². The highest BCUT2D eigenvalue weighted by molar-refractivity contribution is 7.99. The standard InChI is InChI=1S/C17H24N4OS/c1-13-14(10-15(11-18)19(13)2)12-21-5-3-4-16(21)17(22)20-6-8-23-9-7-20/h10,16H,3-9,12H2,1-2H3/t16-/m0/s1. The van der Waals surface area contributed by atoms with Crippen molar-refractivity contribution in [2.24, 2.45) is 7.05 Å². The van der Waals surface area contributed by atoms with Crippen molar-refractivity contribution in [1.29, 1.82) is 5.26 Å². The molecule has 1 aromatic heterocycles. The van der Waals surface area contributed by atoms with Gasteiger partial charge in [0.25, 0.3) is 0 Å². The van der Waals surface area contributed by atoms with Crippen molar-refractivity contribution in [2.45, 2.75) is 32.4 Å². The van der Waals surface area contributed by atoms with Gasteiger partial charge in [-0.25, -0.2) is 0 Å². The second-order valence-electron chi connectivity index (χ2n) is 6.38. The molecule has 0 aromatic carbocycles. The van der Waals surface area contributed by atoms with E-state index in [2.05, 4.69) is 11.0 Å². The molecule has 0 aliphatic carbocycles. The summed E-state index contributed by atoms with van der Waals surface area (Å²) < 4.78 is 1.93. The number of rotatable bonds is 3. The van der Waals surface area contributed by atoms with E-state index < -0.39 is 0 Å². The highest BCUT2D eigenvalue weighted by Crippen LogP contribution is 2.25. The normalized spacial score (nSPS) is 22.3. The van der Waals surface area contributed by atoms with Gasteiger partial charge in [0, 0.05) is 43.9 Å². The van der Waals surface area contributed by atoms with Crippen LogP contribution in [0.15, 0.2) is 6.07 Å². The lowest BCUT2D eigenvalue weighted by atomic mass is 10.1. The largest absolute Gasteiger partial charge is 0.340 e. The van der Waals surface area contributed by atoms with Crippen molar-refractivity contribution >= 4 is 17.7 Å². The summed E-state index contributed by atoms with van der Waals surface area (Å²) in [6.45, 7) is 5.55. The molecule has 1 amide bonds. The molecule has 0 spiro atoms. The van der Waals surface area contributed by atoms with Crippen molar-refractivity contribution in [3.63, 3.8) is 0 Å². The van der Waals surface area contributed by atoms with Gasteiger partial charge >= 0.3 is 0 Å². The molecule has 2 aliphatic rings. The summed E-state index contributed by atoms with van der Waals surface area (Å²) in [4.78, 5) is 17.2. The Kier molecular flexibility index (Phi) is 4.98. The molecule has 6 heteroatoms. The summed E-state index contributed by atoms with van der Waals surface area (Å²) >= 11 is 1.93. The molecule has 2 aliphatic heterocycles. The third kappa shape index (κ3) is 3.26. The summed E-state index contributed by atoms with van der Waals surface area (Å²) in [7, 11) is 1.93. The number of carbonyl (C=O) groups excluding carboxylic acids is 1. The van der Waals surface area contributed by atoms with E-state index in [1.807, 2.05) is 41.3 Å². The average Bonchev–Trinajstić information content (AvgIpc) is 3.15. The Morgan fingerprint density at radius 3 is 2.78 bits per heavy atom. The van der Waals surface area contributed by atoms with Gasteiger partial charge < -0.3 is 9.47 Å². The zero-order chi connectivity index (χ0) is 16.4. The van der Waals surface area contributed by atoms with Crippen molar-refractivity contribution in [1.82, 2.24) is 14.4 Å². The number of nitrogens with zero attached hydrogens (tertiary/aromatic N) is 4. The lowest BCUT2D eigenvalue weighted by molar-refractivity contribution is -0.135. The van der Waals surface area contributed by atoms with Crippen LogP contribution in [-0.4, -0.2) is 57.5 Å². The van der Waals surface area contributed by atoms with Crippen LogP contribution in [0, 0.1) is 18.3 Å². The van der Waals surface area contributed by atoms with Gasteiger partial charge in [-0.15, -0.1) is 0 Å². The first-order valence-electron chi connectivity index (χ1n) is 8.27. The predicted octanol–water partition coefficient (Wildman–Crippen LogP) is 1.74. The second-order valence-corrected chi connectivity index (χ2v) is 7.60. The van der Waals surface area contributed by atoms with Gasteiger partial charge in [0.15, 0.2) is 0 Å². The Morgan fingerprint density at radius 2 is 2.13 bits per heavy atom. The molecule has 1 aromatic rings. The third-order valence-corrected chi connectivity index (χ3v) is 6.04. The number of hydrogen-bond donors (Lipinski definition) is 0. The monoisotopic (exact) mass is 332 g/mol. The van der Waals surface area contributed by atoms with E-state index in [4.69, 9.17) is 0 Å². The van der Waals surface area contributed by atoms with Crippen LogP contribution >= 0.6 is 11.8 Å². The van der Waals surface area contributed by atoms with Gasteiger partial charge in [0.05, 0.1) is 6.04 Å². The first kappa shape index (κ1) is 16.4. The average molecular weight is 332 g/mol. The van der Waals surface area contributed by atoms with E-state index in [0.717, 1.165) is 61.8 Å². The number of nitriles is 1. The minimum atomic E-state index is 0.0169. The molecule has 5 nitrogen and oxygen atoms in total. The van der Waals surface area contributed by atoms with E-state index in [9.17, 15) is 10.1 Å². The Hall–Kier alpha value is -1.45. The molecule has 3 rings (SSSR count). The molecule has 2 saturated heterocycles. The fraction of sp³-hybridized carbons (Fsp3) is 0.647. The molecule has 3 heterocycles. The molecule has 0 saturated carbocycles. The Morgan fingerprint density at radius 1 is 1.39 bits per heavy atom. The van der Waals surface area contributed by atoms with E-state index >= 15 is 0 Å². The predicted molar refractivity (Wildman–Crippen MR) is 92.2 cm³/mol. The van der Waals surface area contributed by atoms with Crippen LogP contribution in [0.4, 0.5) is 0 Å². The van der Waals surface area contributed by atoms with Gasteiger partial charge in [-0.3, -0.25) is 9.69 Å². The highest BCUT2D eigenvalue weighted by Gasteiger charge is 2.34. The second kappa shape index (κ2) is 6.98. The van der Waals surface area contributed by atoms with E-state index in [1.54, 1.807) is 0 Å². The van der Waals surface area contributed by atoms with E-state index in [1.165, 1.54) is 0 Å². The molecular formula is C17H24N4OS. The molecule has 23 heavy (non-hydrogen) atoms. The lowest BCUT2D eigenvalue weighted by Gasteiger charge is -2.32. The molecule has 0 radical (unpaired) electrons. The van der Waals surface area contributed by atoms with Crippen LogP contribution in [0.1, 0.15) is 29.8 Å². The zero-order valence-electron chi connectivity index (χ0n) is 13.9. The van der Waals surface area contributed by atoms with Gasteiger partial charge in [-0.2, -0.15) is 17.0 Å². The van der Waals surface area contributed by atoms with Crippen LogP contribution in [-0.2, 0) is 18.4 Å². The number of thioether (sulfide) groups is 1. The van der Waals surface area contributed by atoms with Crippen LogP contribution < -0.4 is 0 Å². The quantitative estimate of drug-likeness (QED) is 0.846. The minimum Gasteiger partial charge on any atom is -0.340 e. The van der Waals surface area contributed by atoms with Crippen molar-refractivity contribution in [3.05, 3.63) is 23.0 Å². The first-order valence-corrected chi connectivity index (χ1v) is 9.43. The fourth-order valence-corrected chi connectivity index (χ4v) is 4.44. The van der Waals surface area contributed by atoms with Crippen molar-refractivity contribution < 1.29 is 4.79 Å². The fourth-order valence-electron chi connectivity index (χ4n) is 3.54. The summed E-state index contributed by atoms with van der Waals surface area (Å²) in [6, 6.07) is 4.22. The lowest BCUT2D eigenvalue weighted by Crippen LogP contribution is -2.48. The highest BCUT2D eigenvalue weighted by atomic mass is 32.2. The first-order chi connectivity index (χ1) is 11.1. The summed E-state index contributed by atoms with van der Waals surface area (Å²) in [5.41, 5.74) is 2.97. The number of aromatic nitrogens is 1. The Labute approximate surface area is 142 Å². The number of likely N-dealkylation sites (tertiary alicyclic amines) is 1. The Bertz CT molecular complexity index is 627. The molecule has 0 unspecified atom stereocenters. The summed E-state index contributed by atoms with van der Waals surface area (Å²) in [6.07, 6.45) is 2.04. The topological polar surface area (TPSA) is 52.3 Å². The van der Waals surface area contributed by atoms with Gasteiger partial charge in [-0.05, 0) is 37.9 Å². The van der Waals surface area contributed by atoms with Crippen LogP contribution in [0.5, 0.6) is 0 Å². The maximum absolute atomic E-state index is 12.8. The van der Waals surface area contributed by atoms with Crippen LogP contribution in [0.2, 0.25) is 0 Å². The zero-order valence-corrected chi connectivity index (χ0v) is 14.7. The molecular weight excluding hydrogens is 308 g/mol. The van der Waals surface area contributed by atoms with Crippen LogP contribution in [0.3, 0.4) is 0 Å². The van der Waals surface area contributed by atoms with E-state index in [0.29, 0.717) is 11.6 Å². The number of amides is 1. The van der Waals surface area contributed by atoms with Gasteiger partial charge in [0.2, 0.25) is 5.91 Å². The molecule has 0 bridgehead atoms. The molecule has 2 fully saturated rings. The number of hydrogen-bond acceptors (Lipinski definition) is 4. The van der Waals surface area contributed by atoms with E-state index in [-0.39, 0.29) is 6.04 Å². The van der Waals surface area contributed by atoms with Gasteiger partial charge in [0.1, 0.15) is 11.8 Å². The van der Waals surface area contributed by atoms with Crippen molar-refractivity contribution in [2.75, 3.05) is 31.1 Å². The SMILES string of the molecule is Cc1c(CN2CCC[C@H]2C(=O)N2CCSCC2)cc(C#N)n1C.